The monoisotopic (exact) mass is 603 g/mol. The highest BCUT2D eigenvalue weighted by atomic mass is 32.2. The molecule has 11 nitrogen and oxygen atoms in total. The molecule has 5 N–H and O–H groups in total. The molecule has 5 atom stereocenters. The minimum Gasteiger partial charge on any atom is -0.530 e. The highest BCUT2D eigenvalue weighted by Crippen LogP contribution is 2.36. The first-order valence-corrected chi connectivity index (χ1v) is 15.9. The van der Waals surface area contributed by atoms with Gasteiger partial charge in [0.05, 0.1) is 36.3 Å². The predicted octanol–water partition coefficient (Wildman–Crippen LogP) is 1.40. The molecular weight excluding hydrogens is 560 g/mol. The lowest BCUT2D eigenvalue weighted by Crippen LogP contribution is -2.61. The van der Waals surface area contributed by atoms with E-state index in [2.05, 4.69) is 0 Å². The molecule has 2 aliphatic heterocycles. The molecule has 12 heteroatoms. The largest absolute Gasteiger partial charge is 0.530 e. The molecular formula is C30H43N4O7S-. The Morgan fingerprint density at radius 2 is 1.90 bits per heavy atom. The molecule has 0 bridgehead atoms. The second-order valence-corrected chi connectivity index (χ2v) is 14.0. The van der Waals surface area contributed by atoms with Gasteiger partial charge in [-0.25, -0.2) is 8.42 Å². The molecule has 0 spiro atoms. The van der Waals surface area contributed by atoms with Gasteiger partial charge in [0.1, 0.15) is 6.09 Å². The van der Waals surface area contributed by atoms with E-state index in [1.165, 1.54) is 16.4 Å². The van der Waals surface area contributed by atoms with Crippen LogP contribution < -0.4 is 16.6 Å². The van der Waals surface area contributed by atoms with Gasteiger partial charge in [0.15, 0.2) is 6.29 Å². The van der Waals surface area contributed by atoms with Crippen molar-refractivity contribution in [1.82, 2.24) is 9.21 Å². The van der Waals surface area contributed by atoms with Gasteiger partial charge in [-0.2, -0.15) is 4.31 Å². The number of anilines is 1. The number of fused-ring (bicyclic) bond motifs is 1. The van der Waals surface area contributed by atoms with Crippen molar-refractivity contribution in [3.63, 3.8) is 0 Å². The third-order valence-electron chi connectivity index (χ3n) is 8.21. The number of amides is 1. The van der Waals surface area contributed by atoms with E-state index in [0.29, 0.717) is 38.1 Å². The Labute approximate surface area is 248 Å². The summed E-state index contributed by atoms with van der Waals surface area (Å²) < 4.78 is 40.6. The maximum atomic E-state index is 14.0. The van der Waals surface area contributed by atoms with Crippen molar-refractivity contribution in [1.29, 1.82) is 0 Å². The number of sulfonamides is 1. The van der Waals surface area contributed by atoms with Gasteiger partial charge in [0.25, 0.3) is 0 Å². The second kappa shape index (κ2) is 13.7. The number of nitrogen functional groups attached to an aromatic ring is 1. The Hall–Kier alpha value is -2.74. The zero-order valence-electron chi connectivity index (χ0n) is 24.3. The van der Waals surface area contributed by atoms with Crippen LogP contribution in [0.5, 0.6) is 0 Å². The van der Waals surface area contributed by atoms with Crippen molar-refractivity contribution in [2.45, 2.75) is 68.9 Å². The van der Waals surface area contributed by atoms with Crippen LogP contribution in [0.2, 0.25) is 0 Å². The van der Waals surface area contributed by atoms with Crippen LogP contribution in [0.4, 0.5) is 10.5 Å². The third kappa shape index (κ3) is 7.61. The Morgan fingerprint density at radius 1 is 1.17 bits per heavy atom. The highest BCUT2D eigenvalue weighted by Gasteiger charge is 2.47. The topological polar surface area (TPSA) is 171 Å². The molecule has 2 saturated heterocycles. The van der Waals surface area contributed by atoms with Crippen molar-refractivity contribution >= 4 is 21.8 Å². The number of ether oxygens (including phenoxy) is 2. The number of hydrogen-bond donors (Lipinski definition) is 3. The van der Waals surface area contributed by atoms with Gasteiger partial charge >= 0.3 is 0 Å². The number of aliphatic hydroxyl groups is 1. The molecule has 0 aliphatic carbocycles. The van der Waals surface area contributed by atoms with Crippen molar-refractivity contribution in [3.05, 3.63) is 60.2 Å². The molecule has 232 valence electrons. The number of nitrogens with zero attached hydrogens (tertiary/aromatic N) is 2. The first kappa shape index (κ1) is 32.2. The number of nitrogens with two attached hydrogens (primary N) is 2. The lowest BCUT2D eigenvalue weighted by molar-refractivity contribution is -0.273. The molecule has 0 unspecified atom stereocenters. The van der Waals surface area contributed by atoms with E-state index in [-0.39, 0.29) is 36.9 Å². The molecule has 0 saturated carbocycles. The number of carboxylic acid groups (broad SMARTS) is 1. The number of benzene rings is 2. The summed E-state index contributed by atoms with van der Waals surface area (Å²) in [5.74, 6) is -0.212. The van der Waals surface area contributed by atoms with Crippen LogP contribution in [0, 0.1) is 11.3 Å². The van der Waals surface area contributed by atoms with Crippen LogP contribution in [0.25, 0.3) is 0 Å². The lowest BCUT2D eigenvalue weighted by Gasteiger charge is -2.43. The standard InChI is InChI=1S/C30H44N4O7S/c1-30(2,13-7-14-31)20-33(42(38,39)23-11-6-10-22(32)17-23)18-27(35)25(16-21-8-4-3-5-9-21)34(29(36)37)26-19-41-28-24(26)12-15-40-28/h3-6,8-11,17,24-28,35H,7,12-16,18-20,31-32H2,1-2H3,(H,36,37)/p-1/t24-,25-,26-,27+,28+/m0/s1. The van der Waals surface area contributed by atoms with E-state index in [4.69, 9.17) is 20.9 Å². The molecule has 0 radical (unpaired) electrons. The van der Waals surface area contributed by atoms with E-state index in [0.717, 1.165) is 10.5 Å². The Morgan fingerprint density at radius 3 is 2.57 bits per heavy atom. The molecule has 2 heterocycles. The van der Waals surface area contributed by atoms with Crippen molar-refractivity contribution in [2.75, 3.05) is 38.6 Å². The summed E-state index contributed by atoms with van der Waals surface area (Å²) in [5, 5.41) is 24.6. The molecule has 2 aromatic carbocycles. The van der Waals surface area contributed by atoms with Crippen LogP contribution in [0.1, 0.15) is 38.7 Å². The fourth-order valence-electron chi connectivity index (χ4n) is 6.06. The molecule has 2 aromatic rings. The Balaban J connectivity index is 1.71. The summed E-state index contributed by atoms with van der Waals surface area (Å²) in [7, 11) is -4.13. The van der Waals surface area contributed by atoms with E-state index in [1.54, 1.807) is 12.1 Å². The Bertz CT molecular complexity index is 1290. The van der Waals surface area contributed by atoms with Crippen molar-refractivity contribution in [2.24, 2.45) is 17.1 Å². The zero-order valence-corrected chi connectivity index (χ0v) is 25.1. The zero-order chi connectivity index (χ0) is 30.5. The number of aliphatic hydroxyl groups excluding tert-OH is 1. The van der Waals surface area contributed by atoms with Crippen molar-refractivity contribution in [3.8, 4) is 0 Å². The van der Waals surface area contributed by atoms with Gasteiger partial charge < -0.3 is 40.8 Å². The summed E-state index contributed by atoms with van der Waals surface area (Å²) in [6.45, 7) is 4.63. The minimum atomic E-state index is -4.13. The molecule has 2 aliphatic rings. The van der Waals surface area contributed by atoms with E-state index < -0.39 is 46.0 Å². The first-order chi connectivity index (χ1) is 19.9. The van der Waals surface area contributed by atoms with E-state index in [9.17, 15) is 23.4 Å². The van der Waals surface area contributed by atoms with Gasteiger partial charge in [0.2, 0.25) is 10.0 Å². The smallest absolute Gasteiger partial charge is 0.243 e. The minimum absolute atomic E-state index is 0.00386. The third-order valence-corrected chi connectivity index (χ3v) is 10.0. The van der Waals surface area contributed by atoms with Gasteiger partial charge in [-0.3, -0.25) is 0 Å². The SMILES string of the molecule is CC(C)(CCCN)CN(C[C@@H](O)[C@H](Cc1ccccc1)N(C(=O)[O-])[C@H]1CO[C@H]2OCC[C@H]21)S(=O)(=O)c1cccc(N)c1. The van der Waals surface area contributed by atoms with E-state index >= 15 is 0 Å². The summed E-state index contributed by atoms with van der Waals surface area (Å²) in [6, 6.07) is 13.6. The fourth-order valence-corrected chi connectivity index (χ4v) is 7.76. The van der Waals surface area contributed by atoms with Crippen molar-refractivity contribution < 1.29 is 32.9 Å². The number of carbonyl (C=O) groups is 1. The number of rotatable bonds is 14. The predicted molar refractivity (Wildman–Crippen MR) is 156 cm³/mol. The highest BCUT2D eigenvalue weighted by molar-refractivity contribution is 7.89. The van der Waals surface area contributed by atoms with Crippen LogP contribution in [-0.4, -0.2) is 86.1 Å². The van der Waals surface area contributed by atoms with Gasteiger partial charge in [0, 0.05) is 24.7 Å². The van der Waals surface area contributed by atoms with Gasteiger partial charge in [-0.05, 0) is 61.4 Å². The number of carbonyl (C=O) groups excluding carboxylic acids is 1. The maximum Gasteiger partial charge on any atom is 0.243 e. The first-order valence-electron chi connectivity index (χ1n) is 14.4. The maximum absolute atomic E-state index is 14.0. The van der Waals surface area contributed by atoms with Crippen LogP contribution >= 0.6 is 0 Å². The van der Waals surface area contributed by atoms with E-state index in [1.807, 2.05) is 44.2 Å². The fraction of sp³-hybridized carbons (Fsp3) is 0.567. The average Bonchev–Trinajstić information content (AvgIpc) is 3.56. The summed E-state index contributed by atoms with van der Waals surface area (Å²) in [5.41, 5.74) is 12.3. The molecule has 4 rings (SSSR count). The normalized spacial score (nSPS) is 22.2. The summed E-state index contributed by atoms with van der Waals surface area (Å²) in [6.07, 6.45) is -1.26. The molecule has 0 aromatic heterocycles. The van der Waals surface area contributed by atoms with Gasteiger partial charge in [-0.15, -0.1) is 0 Å². The molecule has 2 fully saturated rings. The summed E-state index contributed by atoms with van der Waals surface area (Å²) in [4.78, 5) is 13.9. The van der Waals surface area contributed by atoms with Crippen LogP contribution in [0.3, 0.4) is 0 Å². The summed E-state index contributed by atoms with van der Waals surface area (Å²) >= 11 is 0. The van der Waals surface area contributed by atoms with Crippen LogP contribution in [0.15, 0.2) is 59.5 Å². The second-order valence-electron chi connectivity index (χ2n) is 12.0. The quantitative estimate of drug-likeness (QED) is 0.270. The average molecular weight is 604 g/mol. The lowest BCUT2D eigenvalue weighted by atomic mass is 9.87. The van der Waals surface area contributed by atoms with Crippen LogP contribution in [-0.2, 0) is 25.9 Å². The Kier molecular flexibility index (Phi) is 10.5. The number of hydrogen-bond acceptors (Lipinski definition) is 9. The molecule has 42 heavy (non-hydrogen) atoms. The van der Waals surface area contributed by atoms with Gasteiger partial charge in [-0.1, -0.05) is 50.2 Å². The molecule has 1 amide bonds.